The number of nitrogens with zero attached hydrogens (tertiary/aromatic N) is 2. The van der Waals surface area contributed by atoms with Gasteiger partial charge in [0.15, 0.2) is 16.9 Å². The molecule has 0 saturated heterocycles. The second-order valence-corrected chi connectivity index (χ2v) is 5.29. The quantitative estimate of drug-likeness (QED) is 0.588. The van der Waals surface area contributed by atoms with E-state index >= 15 is 0 Å². The van der Waals surface area contributed by atoms with E-state index in [0.717, 1.165) is 22.8 Å². The Morgan fingerprint density at radius 3 is 3.31 bits per heavy atom. The van der Waals surface area contributed by atoms with Gasteiger partial charge in [0.2, 0.25) is 5.88 Å². The second kappa shape index (κ2) is 5.36. The molecule has 0 bridgehead atoms. The number of carbonyl (C=O) groups is 1. The number of thiazole rings is 1. The van der Waals surface area contributed by atoms with Gasteiger partial charge in [0.1, 0.15) is 0 Å². The number of fused-ring (bicyclic) bond motifs is 1. The lowest BCUT2D eigenvalue weighted by molar-refractivity contribution is 0.111. The molecule has 0 radical (unpaired) electrons. The largest absolute Gasteiger partial charge is 0.475 e. The smallest absolute Gasteiger partial charge is 0.244 e. The van der Waals surface area contributed by atoms with Gasteiger partial charge in [0.25, 0.3) is 0 Å². The Hall–Kier alpha value is -1.01. The highest BCUT2D eigenvalue weighted by Crippen LogP contribution is 2.21. The average molecular weight is 256 g/mol. The number of rotatable bonds is 6. The number of carbonyl (C=O) groups excluding carboxylic acids is 1. The monoisotopic (exact) mass is 256 g/mol. The highest BCUT2D eigenvalue weighted by Gasteiger charge is 2.13. The molecule has 0 aliphatic heterocycles. The van der Waals surface area contributed by atoms with Gasteiger partial charge < -0.3 is 4.74 Å². The fourth-order valence-electron chi connectivity index (χ4n) is 1.34. The molecular formula is C10H12N2O2S2. The van der Waals surface area contributed by atoms with Gasteiger partial charge in [0.05, 0.1) is 6.61 Å². The molecule has 0 atom stereocenters. The van der Waals surface area contributed by atoms with Crippen molar-refractivity contribution in [1.82, 2.24) is 9.38 Å². The molecule has 2 aromatic heterocycles. The Balaban J connectivity index is 2.10. The van der Waals surface area contributed by atoms with Crippen LogP contribution >= 0.6 is 23.1 Å². The number of imidazole rings is 1. The molecule has 6 heteroatoms. The zero-order valence-corrected chi connectivity index (χ0v) is 10.5. The summed E-state index contributed by atoms with van der Waals surface area (Å²) in [7, 11) is 0. The van der Waals surface area contributed by atoms with Crippen LogP contribution in [0.2, 0.25) is 0 Å². The molecule has 0 saturated carbocycles. The van der Waals surface area contributed by atoms with Crippen LogP contribution in [0.15, 0.2) is 11.6 Å². The molecule has 0 N–H and O–H groups in total. The second-order valence-electron chi connectivity index (χ2n) is 3.02. The van der Waals surface area contributed by atoms with Crippen molar-refractivity contribution >= 4 is 34.3 Å². The molecule has 0 amide bonds. The van der Waals surface area contributed by atoms with Crippen LogP contribution in [0.3, 0.4) is 0 Å². The van der Waals surface area contributed by atoms with E-state index in [1.807, 2.05) is 11.6 Å². The summed E-state index contributed by atoms with van der Waals surface area (Å²) in [4.78, 5) is 16.0. The Labute approximate surface area is 102 Å². The highest BCUT2D eigenvalue weighted by molar-refractivity contribution is 7.99. The maximum atomic E-state index is 10.9. The summed E-state index contributed by atoms with van der Waals surface area (Å²) in [5, 5.41) is 1.89. The van der Waals surface area contributed by atoms with Crippen molar-refractivity contribution in [2.75, 3.05) is 18.1 Å². The van der Waals surface area contributed by atoms with E-state index in [1.54, 1.807) is 16.2 Å². The summed E-state index contributed by atoms with van der Waals surface area (Å²) in [6, 6.07) is 0. The fourth-order valence-corrected chi connectivity index (χ4v) is 2.54. The summed E-state index contributed by atoms with van der Waals surface area (Å²) in [6.45, 7) is 2.69. The molecule has 2 aromatic rings. The molecule has 0 aliphatic carbocycles. The van der Waals surface area contributed by atoms with Crippen molar-refractivity contribution in [2.45, 2.75) is 6.92 Å². The highest BCUT2D eigenvalue weighted by atomic mass is 32.2. The number of aromatic nitrogens is 2. The van der Waals surface area contributed by atoms with Crippen LogP contribution in [0.4, 0.5) is 0 Å². The van der Waals surface area contributed by atoms with Crippen LogP contribution in [0, 0.1) is 0 Å². The van der Waals surface area contributed by atoms with E-state index in [4.69, 9.17) is 4.74 Å². The van der Waals surface area contributed by atoms with Crippen LogP contribution in [0.25, 0.3) is 4.96 Å². The minimum Gasteiger partial charge on any atom is -0.475 e. The SMILES string of the molecule is CCSCCOc1nc2sccn2c1C=O. The summed E-state index contributed by atoms with van der Waals surface area (Å²) in [5.41, 5.74) is 0.498. The van der Waals surface area contributed by atoms with Crippen LogP contribution in [0.5, 0.6) is 5.88 Å². The van der Waals surface area contributed by atoms with E-state index in [2.05, 4.69) is 11.9 Å². The predicted molar refractivity (Wildman–Crippen MR) is 67.0 cm³/mol. The molecule has 2 rings (SSSR count). The van der Waals surface area contributed by atoms with Gasteiger partial charge in [-0.3, -0.25) is 9.20 Å². The van der Waals surface area contributed by atoms with Gasteiger partial charge in [-0.2, -0.15) is 16.7 Å². The van der Waals surface area contributed by atoms with Crippen molar-refractivity contribution in [3.63, 3.8) is 0 Å². The molecule has 0 aromatic carbocycles. The van der Waals surface area contributed by atoms with E-state index < -0.39 is 0 Å². The van der Waals surface area contributed by atoms with Crippen LogP contribution in [0.1, 0.15) is 17.4 Å². The van der Waals surface area contributed by atoms with Crippen molar-refractivity contribution in [3.8, 4) is 5.88 Å². The molecule has 0 aliphatic rings. The zero-order chi connectivity index (χ0) is 11.4. The third-order valence-corrected chi connectivity index (χ3v) is 3.67. The summed E-state index contributed by atoms with van der Waals surface area (Å²) >= 11 is 3.29. The number of ether oxygens (including phenoxy) is 1. The van der Waals surface area contributed by atoms with Crippen molar-refractivity contribution in [2.24, 2.45) is 0 Å². The van der Waals surface area contributed by atoms with E-state index in [0.29, 0.717) is 18.2 Å². The standard InChI is InChI=1S/C10H12N2O2S2/c1-2-15-6-4-14-9-8(7-13)12-3-5-16-10(12)11-9/h3,5,7H,2,4,6H2,1H3. The van der Waals surface area contributed by atoms with Crippen molar-refractivity contribution < 1.29 is 9.53 Å². The first-order valence-corrected chi connectivity index (χ1v) is 7.01. The van der Waals surface area contributed by atoms with Gasteiger partial charge >= 0.3 is 0 Å². The molecule has 0 fully saturated rings. The third-order valence-electron chi connectivity index (χ3n) is 2.05. The Morgan fingerprint density at radius 2 is 2.56 bits per heavy atom. The topological polar surface area (TPSA) is 43.6 Å². The Bertz CT molecular complexity index is 478. The fraction of sp³-hybridized carbons (Fsp3) is 0.400. The number of hydrogen-bond donors (Lipinski definition) is 0. The molecule has 0 unspecified atom stereocenters. The first-order valence-electron chi connectivity index (χ1n) is 4.98. The molecule has 0 spiro atoms. The summed E-state index contributed by atoms with van der Waals surface area (Å²) < 4.78 is 7.25. The first kappa shape index (κ1) is 11.5. The van der Waals surface area contributed by atoms with Crippen LogP contribution in [-0.4, -0.2) is 33.8 Å². The summed E-state index contributed by atoms with van der Waals surface area (Å²) in [5.74, 6) is 2.43. The lowest BCUT2D eigenvalue weighted by atomic mass is 10.5. The van der Waals surface area contributed by atoms with Gasteiger partial charge in [-0.1, -0.05) is 6.92 Å². The number of aldehydes is 1. The average Bonchev–Trinajstić information content (AvgIpc) is 2.84. The van der Waals surface area contributed by atoms with E-state index in [9.17, 15) is 4.79 Å². The lowest BCUT2D eigenvalue weighted by Gasteiger charge is -2.02. The van der Waals surface area contributed by atoms with Crippen LogP contribution < -0.4 is 4.74 Å². The molecular weight excluding hydrogens is 244 g/mol. The third kappa shape index (κ3) is 2.22. The number of hydrogen-bond acceptors (Lipinski definition) is 5. The van der Waals surface area contributed by atoms with E-state index in [1.165, 1.54) is 11.3 Å². The van der Waals surface area contributed by atoms with Gasteiger partial charge in [0, 0.05) is 17.3 Å². The first-order chi connectivity index (χ1) is 7.86. The van der Waals surface area contributed by atoms with E-state index in [-0.39, 0.29) is 0 Å². The number of thioether (sulfide) groups is 1. The Morgan fingerprint density at radius 1 is 1.69 bits per heavy atom. The van der Waals surface area contributed by atoms with Gasteiger partial charge in [-0.05, 0) is 5.75 Å². The van der Waals surface area contributed by atoms with Gasteiger partial charge in [-0.25, -0.2) is 0 Å². The molecule has 2 heterocycles. The minimum atomic E-state index is 0.443. The normalized spacial score (nSPS) is 10.8. The zero-order valence-electron chi connectivity index (χ0n) is 8.88. The molecule has 16 heavy (non-hydrogen) atoms. The summed E-state index contributed by atoms with van der Waals surface area (Å²) in [6.07, 6.45) is 2.61. The van der Waals surface area contributed by atoms with Gasteiger partial charge in [-0.15, -0.1) is 11.3 Å². The van der Waals surface area contributed by atoms with Crippen LogP contribution in [-0.2, 0) is 0 Å². The molecule has 4 nitrogen and oxygen atoms in total. The lowest BCUT2D eigenvalue weighted by Crippen LogP contribution is -2.02. The van der Waals surface area contributed by atoms with Crippen molar-refractivity contribution in [1.29, 1.82) is 0 Å². The predicted octanol–water partition coefficient (Wildman–Crippen LogP) is 2.34. The molecule has 86 valence electrons. The minimum absolute atomic E-state index is 0.443. The maximum absolute atomic E-state index is 10.9. The van der Waals surface area contributed by atoms with Crippen molar-refractivity contribution in [3.05, 3.63) is 17.3 Å². The maximum Gasteiger partial charge on any atom is 0.244 e. The Kier molecular flexibility index (Phi) is 3.84.